The summed E-state index contributed by atoms with van der Waals surface area (Å²) in [5.41, 5.74) is 0. The largest absolute Gasteiger partial charge is 0.481 e. The lowest BCUT2D eigenvalue weighted by atomic mass is 9.74. The zero-order chi connectivity index (χ0) is 10.1. The van der Waals surface area contributed by atoms with E-state index in [0.717, 1.165) is 6.42 Å². The van der Waals surface area contributed by atoms with E-state index >= 15 is 0 Å². The lowest BCUT2D eigenvalue weighted by molar-refractivity contribution is -0.170. The van der Waals surface area contributed by atoms with Gasteiger partial charge in [-0.1, -0.05) is 6.42 Å². The van der Waals surface area contributed by atoms with E-state index in [9.17, 15) is 18.0 Å². The molecule has 1 fully saturated rings. The first-order valence-electron chi connectivity index (χ1n) is 4.19. The maximum atomic E-state index is 11.9. The molecule has 0 amide bonds. The van der Waals surface area contributed by atoms with Gasteiger partial charge in [-0.25, -0.2) is 0 Å². The van der Waals surface area contributed by atoms with E-state index in [2.05, 4.69) is 0 Å². The first-order valence-corrected chi connectivity index (χ1v) is 4.19. The van der Waals surface area contributed by atoms with E-state index in [-0.39, 0.29) is 5.92 Å². The van der Waals surface area contributed by atoms with E-state index in [0.29, 0.717) is 12.8 Å². The highest BCUT2D eigenvalue weighted by molar-refractivity contribution is 5.70. The van der Waals surface area contributed by atoms with Crippen molar-refractivity contribution in [3.05, 3.63) is 0 Å². The molecule has 13 heavy (non-hydrogen) atoms. The van der Waals surface area contributed by atoms with Gasteiger partial charge >= 0.3 is 12.1 Å². The average Bonchev–Trinajstić information content (AvgIpc) is 1.78. The Hall–Kier alpha value is -0.740. The number of carboxylic acid groups (broad SMARTS) is 1. The van der Waals surface area contributed by atoms with Gasteiger partial charge in [0.15, 0.2) is 0 Å². The molecule has 0 aromatic carbocycles. The van der Waals surface area contributed by atoms with Crippen molar-refractivity contribution >= 4 is 5.97 Å². The first-order chi connectivity index (χ1) is 5.90. The highest BCUT2D eigenvalue weighted by atomic mass is 19.4. The van der Waals surface area contributed by atoms with Crippen molar-refractivity contribution in [1.29, 1.82) is 0 Å². The molecule has 1 saturated carbocycles. The molecular weight excluding hydrogens is 185 g/mol. The van der Waals surface area contributed by atoms with Gasteiger partial charge in [0.1, 0.15) is 0 Å². The van der Waals surface area contributed by atoms with Crippen LogP contribution in [0.1, 0.15) is 25.7 Å². The van der Waals surface area contributed by atoms with Crippen LogP contribution in [0.5, 0.6) is 0 Å². The maximum Gasteiger partial charge on any atom is 0.389 e. The molecule has 1 aliphatic rings. The standard InChI is InChI=1S/C8H11F3O2/c9-8(10,11)4-6(7(12)13)5-2-1-3-5/h5-6H,1-4H2,(H,12,13)/t6-/m1/s1. The predicted molar refractivity (Wildman–Crippen MR) is 39.1 cm³/mol. The van der Waals surface area contributed by atoms with Crippen molar-refractivity contribution < 1.29 is 23.1 Å². The summed E-state index contributed by atoms with van der Waals surface area (Å²) in [6.45, 7) is 0. The first kappa shape index (κ1) is 10.3. The van der Waals surface area contributed by atoms with Crippen LogP contribution >= 0.6 is 0 Å². The predicted octanol–water partition coefficient (Wildman–Crippen LogP) is 2.44. The Morgan fingerprint density at radius 3 is 2.23 bits per heavy atom. The molecule has 0 bridgehead atoms. The quantitative estimate of drug-likeness (QED) is 0.752. The Labute approximate surface area is 73.7 Å². The number of halogens is 3. The highest BCUT2D eigenvalue weighted by Crippen LogP contribution is 2.39. The Bertz CT molecular complexity index is 196. The van der Waals surface area contributed by atoms with Gasteiger partial charge in [0.25, 0.3) is 0 Å². The Morgan fingerprint density at radius 2 is 2.00 bits per heavy atom. The number of carboxylic acids is 1. The number of hydrogen-bond acceptors (Lipinski definition) is 1. The van der Waals surface area contributed by atoms with Crippen molar-refractivity contribution in [2.75, 3.05) is 0 Å². The fourth-order valence-electron chi connectivity index (χ4n) is 1.55. The fourth-order valence-corrected chi connectivity index (χ4v) is 1.55. The van der Waals surface area contributed by atoms with Crippen LogP contribution in [0.2, 0.25) is 0 Å². The van der Waals surface area contributed by atoms with E-state index in [1.165, 1.54) is 0 Å². The molecule has 0 aromatic rings. The van der Waals surface area contributed by atoms with Gasteiger partial charge in [0.05, 0.1) is 12.3 Å². The Morgan fingerprint density at radius 1 is 1.46 bits per heavy atom. The van der Waals surface area contributed by atoms with Crippen LogP contribution in [0.3, 0.4) is 0 Å². The molecule has 1 atom stereocenters. The molecule has 0 unspecified atom stereocenters. The second-order valence-electron chi connectivity index (χ2n) is 3.46. The topological polar surface area (TPSA) is 37.3 Å². The van der Waals surface area contributed by atoms with Crippen molar-refractivity contribution in [3.8, 4) is 0 Å². The van der Waals surface area contributed by atoms with E-state index in [4.69, 9.17) is 5.11 Å². The molecule has 0 aliphatic heterocycles. The lowest BCUT2D eigenvalue weighted by Gasteiger charge is -2.31. The van der Waals surface area contributed by atoms with Gasteiger partial charge in [0, 0.05) is 0 Å². The van der Waals surface area contributed by atoms with Gasteiger partial charge in [-0.15, -0.1) is 0 Å². The number of carbonyl (C=O) groups is 1. The minimum Gasteiger partial charge on any atom is -0.481 e. The summed E-state index contributed by atoms with van der Waals surface area (Å²) in [5, 5.41) is 8.57. The van der Waals surface area contributed by atoms with Gasteiger partial charge in [0.2, 0.25) is 0 Å². The molecule has 76 valence electrons. The summed E-state index contributed by atoms with van der Waals surface area (Å²) in [7, 11) is 0. The molecule has 5 heteroatoms. The second-order valence-corrected chi connectivity index (χ2v) is 3.46. The van der Waals surface area contributed by atoms with Crippen LogP contribution in [-0.4, -0.2) is 17.3 Å². The maximum absolute atomic E-state index is 11.9. The number of hydrogen-bond donors (Lipinski definition) is 1. The summed E-state index contributed by atoms with van der Waals surface area (Å²) < 4.78 is 35.8. The molecule has 0 saturated heterocycles. The molecule has 0 spiro atoms. The molecule has 1 N–H and O–H groups in total. The van der Waals surface area contributed by atoms with Gasteiger partial charge < -0.3 is 5.11 Å². The van der Waals surface area contributed by atoms with E-state index < -0.39 is 24.5 Å². The van der Waals surface area contributed by atoms with Gasteiger partial charge in [-0.3, -0.25) is 4.79 Å². The second kappa shape index (κ2) is 3.55. The SMILES string of the molecule is O=C(O)[C@H](CC(F)(F)F)C1CCC1. The molecule has 0 aromatic heterocycles. The molecule has 2 nitrogen and oxygen atoms in total. The third-order valence-electron chi connectivity index (χ3n) is 2.49. The van der Waals surface area contributed by atoms with E-state index in [1.54, 1.807) is 0 Å². The molecule has 1 rings (SSSR count). The van der Waals surface area contributed by atoms with Crippen molar-refractivity contribution in [3.63, 3.8) is 0 Å². The Kier molecular flexibility index (Phi) is 2.83. The highest BCUT2D eigenvalue weighted by Gasteiger charge is 2.41. The molecular formula is C8H11F3O2. The number of aliphatic carboxylic acids is 1. The third kappa shape index (κ3) is 2.90. The zero-order valence-corrected chi connectivity index (χ0v) is 6.97. The van der Waals surface area contributed by atoms with Crippen molar-refractivity contribution in [2.24, 2.45) is 11.8 Å². The van der Waals surface area contributed by atoms with Crippen molar-refractivity contribution in [1.82, 2.24) is 0 Å². The monoisotopic (exact) mass is 196 g/mol. The van der Waals surface area contributed by atoms with Crippen molar-refractivity contribution in [2.45, 2.75) is 31.9 Å². The number of rotatable bonds is 3. The fraction of sp³-hybridized carbons (Fsp3) is 0.875. The minimum absolute atomic E-state index is 0.265. The lowest BCUT2D eigenvalue weighted by Crippen LogP contribution is -2.32. The zero-order valence-electron chi connectivity index (χ0n) is 6.97. The minimum atomic E-state index is -4.36. The van der Waals surface area contributed by atoms with Crippen LogP contribution in [0.4, 0.5) is 13.2 Å². The smallest absolute Gasteiger partial charge is 0.389 e. The summed E-state index contributed by atoms with van der Waals surface area (Å²) >= 11 is 0. The summed E-state index contributed by atoms with van der Waals surface area (Å²) in [4.78, 5) is 10.5. The third-order valence-corrected chi connectivity index (χ3v) is 2.49. The summed E-state index contributed by atoms with van der Waals surface area (Å²) in [6, 6.07) is 0. The molecule has 0 radical (unpaired) electrons. The van der Waals surface area contributed by atoms with E-state index in [1.807, 2.05) is 0 Å². The normalized spacial score (nSPS) is 20.8. The Balaban J connectivity index is 2.52. The van der Waals surface area contributed by atoms with Crippen LogP contribution in [0.25, 0.3) is 0 Å². The van der Waals surface area contributed by atoms with Gasteiger partial charge in [-0.05, 0) is 18.8 Å². The molecule has 1 aliphatic carbocycles. The summed E-state index contributed by atoms with van der Waals surface area (Å²) in [6.07, 6.45) is -3.46. The van der Waals surface area contributed by atoms with Crippen LogP contribution in [-0.2, 0) is 4.79 Å². The molecule has 0 heterocycles. The average molecular weight is 196 g/mol. The van der Waals surface area contributed by atoms with Crippen LogP contribution in [0.15, 0.2) is 0 Å². The number of alkyl halides is 3. The summed E-state index contributed by atoms with van der Waals surface area (Å²) in [5.74, 6) is -2.81. The van der Waals surface area contributed by atoms with Crippen LogP contribution in [0, 0.1) is 11.8 Å². The van der Waals surface area contributed by atoms with Gasteiger partial charge in [-0.2, -0.15) is 13.2 Å². The van der Waals surface area contributed by atoms with Crippen LogP contribution < -0.4 is 0 Å².